The molecule has 2 aromatic carbocycles. The van der Waals surface area contributed by atoms with Gasteiger partial charge in [-0.15, -0.1) is 0 Å². The van der Waals surface area contributed by atoms with Crippen molar-refractivity contribution in [1.82, 2.24) is 0 Å². The standard InChI is InChI=1S/C32H52N4O6/c1-33-13-17-37-21-25-41-26-22-39-19-15-35(3)31-9-11-32(12-10-31)36(4)16-20-40-24-28-42-27-23-38-18-14-34(2)30-7-5-29(33)6-8-30/h5-12H,13-28H2,1-4H3. The second kappa shape index (κ2) is 20.3. The fraction of sp³-hybridized carbons (Fsp3) is 0.625. The van der Waals surface area contributed by atoms with Crippen molar-refractivity contribution in [2.75, 3.05) is 153 Å². The topological polar surface area (TPSA) is 68.3 Å². The molecule has 4 aliphatic rings. The summed E-state index contributed by atoms with van der Waals surface area (Å²) in [5.41, 5.74) is 4.64. The molecule has 0 fully saturated rings. The Morgan fingerprint density at radius 3 is 0.667 bits per heavy atom. The van der Waals surface area contributed by atoms with E-state index in [2.05, 4.69) is 96.3 Å². The number of nitrogens with zero attached hydrogens (tertiary/aromatic N) is 4. The highest BCUT2D eigenvalue weighted by Crippen LogP contribution is 2.20. The summed E-state index contributed by atoms with van der Waals surface area (Å²) >= 11 is 0. The molecule has 0 saturated carbocycles. The fourth-order valence-electron chi connectivity index (χ4n) is 4.33. The van der Waals surface area contributed by atoms with Gasteiger partial charge in [-0.3, -0.25) is 0 Å². The first-order chi connectivity index (χ1) is 20.5. The van der Waals surface area contributed by atoms with E-state index in [1.54, 1.807) is 0 Å². The van der Waals surface area contributed by atoms with E-state index in [0.717, 1.165) is 48.9 Å². The average Bonchev–Trinajstić information content (AvgIpc) is 3.01. The summed E-state index contributed by atoms with van der Waals surface area (Å²) in [5, 5.41) is 0. The van der Waals surface area contributed by atoms with E-state index in [4.69, 9.17) is 28.4 Å². The normalized spacial score (nSPS) is 19.5. The molecule has 2 aromatic rings. The molecule has 236 valence electrons. The van der Waals surface area contributed by atoms with Gasteiger partial charge in [0.1, 0.15) is 0 Å². The Kier molecular flexibility index (Phi) is 16.4. The minimum Gasteiger partial charge on any atom is -0.377 e. The largest absolute Gasteiger partial charge is 0.377 e. The van der Waals surface area contributed by atoms with Crippen molar-refractivity contribution in [3.63, 3.8) is 0 Å². The van der Waals surface area contributed by atoms with Crippen molar-refractivity contribution in [2.24, 2.45) is 0 Å². The van der Waals surface area contributed by atoms with Crippen LogP contribution >= 0.6 is 0 Å². The van der Waals surface area contributed by atoms with Gasteiger partial charge in [-0.05, 0) is 48.5 Å². The van der Waals surface area contributed by atoms with Crippen LogP contribution < -0.4 is 19.6 Å². The predicted octanol–water partition coefficient (Wildman–Crippen LogP) is 3.24. The number of hydrogen-bond acceptors (Lipinski definition) is 10. The highest BCUT2D eigenvalue weighted by molar-refractivity contribution is 5.56. The molecule has 10 nitrogen and oxygen atoms in total. The monoisotopic (exact) mass is 588 g/mol. The lowest BCUT2D eigenvalue weighted by molar-refractivity contribution is 0.0172. The Morgan fingerprint density at radius 2 is 0.476 bits per heavy atom. The third-order valence-electron chi connectivity index (χ3n) is 7.23. The van der Waals surface area contributed by atoms with Gasteiger partial charge in [0, 0.05) is 77.1 Å². The van der Waals surface area contributed by atoms with Gasteiger partial charge in [0.25, 0.3) is 0 Å². The Hall–Kier alpha value is -2.60. The molecular weight excluding hydrogens is 536 g/mol. The van der Waals surface area contributed by atoms with E-state index in [1.807, 2.05) is 0 Å². The van der Waals surface area contributed by atoms with Gasteiger partial charge >= 0.3 is 0 Å². The molecule has 0 N–H and O–H groups in total. The maximum atomic E-state index is 5.76. The molecule has 6 rings (SSSR count). The molecule has 0 unspecified atom stereocenters. The lowest BCUT2D eigenvalue weighted by atomic mass is 10.2. The Labute approximate surface area is 253 Å². The Bertz CT molecular complexity index is 798. The summed E-state index contributed by atoms with van der Waals surface area (Å²) in [6.45, 7) is 10.4. The smallest absolute Gasteiger partial charge is 0.0701 e. The highest BCUT2D eigenvalue weighted by Gasteiger charge is 2.06. The molecule has 4 aliphatic heterocycles. The maximum Gasteiger partial charge on any atom is 0.0701 e. The summed E-state index contributed by atoms with van der Waals surface area (Å²) in [6, 6.07) is 17.1. The van der Waals surface area contributed by atoms with E-state index in [9.17, 15) is 0 Å². The Balaban J connectivity index is 1.41. The molecule has 4 bridgehead atoms. The third kappa shape index (κ3) is 13.1. The number of benzene rings is 2. The van der Waals surface area contributed by atoms with E-state index in [1.165, 1.54) is 0 Å². The molecule has 0 radical (unpaired) electrons. The zero-order chi connectivity index (χ0) is 29.8. The fourth-order valence-corrected chi connectivity index (χ4v) is 4.33. The van der Waals surface area contributed by atoms with Gasteiger partial charge in [-0.1, -0.05) is 0 Å². The predicted molar refractivity (Wildman–Crippen MR) is 171 cm³/mol. The molecule has 4 heterocycles. The van der Waals surface area contributed by atoms with Crippen LogP contribution in [-0.4, -0.2) is 134 Å². The molecule has 42 heavy (non-hydrogen) atoms. The molecule has 10 heteroatoms. The lowest BCUT2D eigenvalue weighted by Gasteiger charge is -2.23. The van der Waals surface area contributed by atoms with Gasteiger partial charge in [0.15, 0.2) is 0 Å². The van der Waals surface area contributed by atoms with Crippen molar-refractivity contribution in [1.29, 1.82) is 0 Å². The second-order valence-corrected chi connectivity index (χ2v) is 10.4. The van der Waals surface area contributed by atoms with Gasteiger partial charge in [0.2, 0.25) is 0 Å². The van der Waals surface area contributed by atoms with Crippen LogP contribution in [0.3, 0.4) is 0 Å². The van der Waals surface area contributed by atoms with Crippen molar-refractivity contribution < 1.29 is 28.4 Å². The highest BCUT2D eigenvalue weighted by atomic mass is 16.5. The van der Waals surface area contributed by atoms with Gasteiger partial charge in [-0.2, -0.15) is 0 Å². The van der Waals surface area contributed by atoms with Crippen LogP contribution in [0.1, 0.15) is 0 Å². The van der Waals surface area contributed by atoms with E-state index in [0.29, 0.717) is 79.3 Å². The molecule has 0 aliphatic carbocycles. The van der Waals surface area contributed by atoms with Gasteiger partial charge in [0.05, 0.1) is 79.3 Å². The van der Waals surface area contributed by atoms with Crippen LogP contribution in [0.2, 0.25) is 0 Å². The van der Waals surface area contributed by atoms with Crippen LogP contribution in [0.4, 0.5) is 22.7 Å². The van der Waals surface area contributed by atoms with Gasteiger partial charge < -0.3 is 48.0 Å². The summed E-state index contributed by atoms with van der Waals surface area (Å²) in [4.78, 5) is 8.79. The second-order valence-electron chi connectivity index (χ2n) is 10.4. The van der Waals surface area contributed by atoms with Crippen molar-refractivity contribution in [3.05, 3.63) is 48.5 Å². The minimum absolute atomic E-state index is 0.567. The molecule has 0 aromatic heterocycles. The van der Waals surface area contributed by atoms with E-state index >= 15 is 0 Å². The van der Waals surface area contributed by atoms with Crippen molar-refractivity contribution >= 4 is 22.7 Å². The van der Waals surface area contributed by atoms with Crippen LogP contribution in [-0.2, 0) is 28.4 Å². The maximum absolute atomic E-state index is 5.76. The van der Waals surface area contributed by atoms with Crippen LogP contribution in [0.5, 0.6) is 0 Å². The van der Waals surface area contributed by atoms with E-state index in [-0.39, 0.29) is 0 Å². The van der Waals surface area contributed by atoms with Crippen molar-refractivity contribution in [2.45, 2.75) is 0 Å². The number of hydrogen-bond donors (Lipinski definition) is 0. The van der Waals surface area contributed by atoms with E-state index < -0.39 is 0 Å². The molecule has 0 amide bonds. The molecular formula is C32H52N4O6. The molecule has 0 atom stereocenters. The zero-order valence-electron chi connectivity index (χ0n) is 26.2. The van der Waals surface area contributed by atoms with Crippen LogP contribution in [0.25, 0.3) is 0 Å². The molecule has 0 saturated heterocycles. The quantitative estimate of drug-likeness (QED) is 0.458. The minimum atomic E-state index is 0.567. The lowest BCUT2D eigenvalue weighted by Crippen LogP contribution is -2.25. The first-order valence-electron chi connectivity index (χ1n) is 15.1. The summed E-state index contributed by atoms with van der Waals surface area (Å²) in [7, 11) is 8.33. The SMILES string of the molecule is CN1CCOCCOCCOCCN(C)c2ccc(cc2)N(C)CCOCCOCCOCCN(C)c2ccc1cc2. The Morgan fingerprint density at radius 1 is 0.310 bits per heavy atom. The average molecular weight is 589 g/mol. The summed E-state index contributed by atoms with van der Waals surface area (Å²) < 4.78 is 34.4. The number of ether oxygens (including phenoxy) is 6. The third-order valence-corrected chi connectivity index (χ3v) is 7.23. The van der Waals surface area contributed by atoms with Crippen LogP contribution in [0, 0.1) is 0 Å². The first kappa shape index (κ1) is 33.9. The number of anilines is 4. The first-order valence-corrected chi connectivity index (χ1v) is 15.1. The zero-order valence-corrected chi connectivity index (χ0v) is 26.2. The van der Waals surface area contributed by atoms with Crippen molar-refractivity contribution in [3.8, 4) is 0 Å². The van der Waals surface area contributed by atoms with Crippen LogP contribution in [0.15, 0.2) is 48.5 Å². The summed E-state index contributed by atoms with van der Waals surface area (Å²) in [5.74, 6) is 0. The summed E-state index contributed by atoms with van der Waals surface area (Å²) in [6.07, 6.45) is 0. The molecule has 0 spiro atoms. The van der Waals surface area contributed by atoms with Gasteiger partial charge in [-0.25, -0.2) is 0 Å². The number of likely N-dealkylation sites (N-methyl/N-ethyl adjacent to an activating group) is 4. The number of rotatable bonds is 0.